The third kappa shape index (κ3) is 5.54. The van der Waals surface area contributed by atoms with Gasteiger partial charge in [0.25, 0.3) is 0 Å². The van der Waals surface area contributed by atoms with Crippen LogP contribution < -0.4 is 0 Å². The first-order valence-electron chi connectivity index (χ1n) is 14.3. The second-order valence-electron chi connectivity index (χ2n) is 12.7. The number of pyridine rings is 2. The van der Waals surface area contributed by atoms with E-state index in [1.807, 2.05) is 42.5 Å². The molecule has 0 saturated heterocycles. The summed E-state index contributed by atoms with van der Waals surface area (Å²) in [7, 11) is 0. The van der Waals surface area contributed by atoms with E-state index in [0.717, 1.165) is 28.8 Å². The van der Waals surface area contributed by atoms with Crippen molar-refractivity contribution >= 4 is 0 Å². The van der Waals surface area contributed by atoms with Crippen LogP contribution in [0, 0.1) is 12.1 Å². The van der Waals surface area contributed by atoms with Gasteiger partial charge in [0.05, 0.1) is 0 Å². The van der Waals surface area contributed by atoms with Crippen LogP contribution in [0.4, 0.5) is 0 Å². The fraction of sp³-hybridized carbons (Fsp3) is 0.389. The maximum Gasteiger partial charge on any atom is 0.0201 e. The average molecular weight is 691 g/mol. The molecule has 0 amide bonds. The molecule has 0 spiro atoms. The van der Waals surface area contributed by atoms with Crippen LogP contribution in [0.2, 0.25) is 0 Å². The Bertz CT molecular complexity index is 1380. The van der Waals surface area contributed by atoms with Crippen molar-refractivity contribution < 1.29 is 20.1 Å². The summed E-state index contributed by atoms with van der Waals surface area (Å²) in [5, 5.41) is 0. The SMILES string of the molecule is CC1(C)CCC(C)(C)c2cc(-c3[c-]cc4c(c3)C3CCC4CC3)ncc21.[Ir].[c-]1ccccc1-c1ccccn1. The molecule has 1 saturated carbocycles. The third-order valence-corrected chi connectivity index (χ3v) is 9.29. The van der Waals surface area contributed by atoms with Gasteiger partial charge >= 0.3 is 0 Å². The Kier molecular flexibility index (Phi) is 7.96. The van der Waals surface area contributed by atoms with E-state index in [1.165, 1.54) is 55.2 Å². The Hall–Kier alpha value is -2.61. The number of hydrogen-bond acceptors (Lipinski definition) is 2. The van der Waals surface area contributed by atoms with Gasteiger partial charge in [0.2, 0.25) is 0 Å². The number of rotatable bonds is 2. The summed E-state index contributed by atoms with van der Waals surface area (Å²) >= 11 is 0. The molecule has 4 aliphatic carbocycles. The van der Waals surface area contributed by atoms with Crippen LogP contribution in [0.15, 0.2) is 73.1 Å². The zero-order valence-electron chi connectivity index (χ0n) is 23.6. The molecule has 0 aliphatic heterocycles. The summed E-state index contributed by atoms with van der Waals surface area (Å²) in [4.78, 5) is 9.12. The molecule has 0 atom stereocenters. The van der Waals surface area contributed by atoms with E-state index in [9.17, 15) is 0 Å². The minimum absolute atomic E-state index is 0. The monoisotopic (exact) mass is 691 g/mol. The van der Waals surface area contributed by atoms with E-state index in [4.69, 9.17) is 4.98 Å². The van der Waals surface area contributed by atoms with Gasteiger partial charge in [0, 0.05) is 32.5 Å². The Labute approximate surface area is 248 Å². The van der Waals surface area contributed by atoms with Crippen molar-refractivity contribution in [2.45, 2.75) is 88.9 Å². The molecule has 4 aliphatic rings. The van der Waals surface area contributed by atoms with E-state index in [2.05, 4.69) is 69.2 Å². The van der Waals surface area contributed by atoms with Crippen LogP contribution in [-0.2, 0) is 30.9 Å². The van der Waals surface area contributed by atoms with Crippen molar-refractivity contribution in [3.63, 3.8) is 0 Å². The standard InChI is InChI=1S/C25H30N.C11H8N.Ir/c1-24(2)11-12-25(3,4)22-15-26-23(14-21(22)24)18-9-10-19-16-5-7-17(8-6-16)20(19)13-18;1-2-6-10(7-3-1)11-8-4-5-9-12-11;/h10,13-17H,5-8,11-12H2,1-4H3;1-6,8-9H;/q2*-1;. The van der Waals surface area contributed by atoms with Gasteiger partial charge < -0.3 is 9.97 Å². The molecule has 8 rings (SSSR count). The first-order chi connectivity index (χ1) is 18.3. The van der Waals surface area contributed by atoms with E-state index < -0.39 is 0 Å². The molecule has 0 N–H and O–H groups in total. The second kappa shape index (κ2) is 11.1. The number of nitrogens with zero attached hydrogens (tertiary/aromatic N) is 2. The molecule has 4 aromatic rings. The molecule has 0 unspecified atom stereocenters. The van der Waals surface area contributed by atoms with Gasteiger partial charge in [-0.2, -0.15) is 0 Å². The predicted molar refractivity (Wildman–Crippen MR) is 156 cm³/mol. The van der Waals surface area contributed by atoms with Gasteiger partial charge in [-0.25, -0.2) is 0 Å². The molecular formula is C36H38IrN2-2. The molecule has 2 aromatic heterocycles. The summed E-state index contributed by atoms with van der Waals surface area (Å²) in [5.41, 5.74) is 10.9. The minimum Gasteiger partial charge on any atom is -0.305 e. The summed E-state index contributed by atoms with van der Waals surface area (Å²) < 4.78 is 0. The number of benzene rings is 2. The van der Waals surface area contributed by atoms with E-state index >= 15 is 0 Å². The summed E-state index contributed by atoms with van der Waals surface area (Å²) in [6, 6.07) is 27.5. The Morgan fingerprint density at radius 3 is 2.05 bits per heavy atom. The molecular weight excluding hydrogens is 653 g/mol. The van der Waals surface area contributed by atoms with E-state index in [-0.39, 0.29) is 30.9 Å². The summed E-state index contributed by atoms with van der Waals surface area (Å²) in [6.07, 6.45) is 11.9. The molecule has 2 nitrogen and oxygen atoms in total. The fourth-order valence-corrected chi connectivity index (χ4v) is 6.76. The molecule has 203 valence electrons. The normalized spacial score (nSPS) is 21.4. The van der Waals surface area contributed by atoms with Crippen molar-refractivity contribution in [1.29, 1.82) is 0 Å². The minimum atomic E-state index is 0. The zero-order chi connectivity index (χ0) is 26.3. The molecule has 2 heterocycles. The van der Waals surface area contributed by atoms with Crippen molar-refractivity contribution in [3.05, 3.63) is 107 Å². The largest absolute Gasteiger partial charge is 0.305 e. The van der Waals surface area contributed by atoms with Gasteiger partial charge in [-0.3, -0.25) is 0 Å². The predicted octanol–water partition coefficient (Wildman–Crippen LogP) is 9.20. The summed E-state index contributed by atoms with van der Waals surface area (Å²) in [6.45, 7) is 9.51. The molecule has 2 aromatic carbocycles. The summed E-state index contributed by atoms with van der Waals surface area (Å²) in [5.74, 6) is 1.56. The number of hydrogen-bond donors (Lipinski definition) is 0. The van der Waals surface area contributed by atoms with Gasteiger partial charge in [0.15, 0.2) is 0 Å². The zero-order valence-corrected chi connectivity index (χ0v) is 25.9. The second-order valence-corrected chi connectivity index (χ2v) is 12.7. The first kappa shape index (κ1) is 27.9. The molecule has 3 heteroatoms. The van der Waals surface area contributed by atoms with E-state index in [0.29, 0.717) is 0 Å². The fourth-order valence-electron chi connectivity index (χ4n) is 6.76. The van der Waals surface area contributed by atoms with Crippen LogP contribution in [0.3, 0.4) is 0 Å². The van der Waals surface area contributed by atoms with Crippen molar-refractivity contribution in [2.24, 2.45) is 0 Å². The van der Waals surface area contributed by atoms with Crippen LogP contribution >= 0.6 is 0 Å². The third-order valence-electron chi connectivity index (χ3n) is 9.29. The molecule has 1 fully saturated rings. The van der Waals surface area contributed by atoms with Gasteiger partial charge in [-0.15, -0.1) is 70.8 Å². The van der Waals surface area contributed by atoms with Crippen LogP contribution in [0.25, 0.3) is 22.5 Å². The van der Waals surface area contributed by atoms with Gasteiger partial charge in [-0.1, -0.05) is 64.7 Å². The van der Waals surface area contributed by atoms with Crippen molar-refractivity contribution in [2.75, 3.05) is 0 Å². The Morgan fingerprint density at radius 2 is 1.38 bits per heavy atom. The van der Waals surface area contributed by atoms with E-state index in [1.54, 1.807) is 17.3 Å². The average Bonchev–Trinajstić information content (AvgIpc) is 2.97. The maximum atomic E-state index is 4.90. The van der Waals surface area contributed by atoms with Crippen molar-refractivity contribution in [1.82, 2.24) is 9.97 Å². The molecule has 39 heavy (non-hydrogen) atoms. The van der Waals surface area contributed by atoms with Gasteiger partial charge in [-0.05, 0) is 71.0 Å². The number of fused-ring (bicyclic) bond motifs is 3. The molecule has 1 radical (unpaired) electrons. The van der Waals surface area contributed by atoms with Gasteiger partial charge in [0.1, 0.15) is 0 Å². The van der Waals surface area contributed by atoms with Crippen LogP contribution in [0.5, 0.6) is 0 Å². The van der Waals surface area contributed by atoms with Crippen LogP contribution in [-0.4, -0.2) is 9.97 Å². The maximum absolute atomic E-state index is 4.90. The Balaban J connectivity index is 0.000000200. The Morgan fingerprint density at radius 1 is 0.692 bits per heavy atom. The topological polar surface area (TPSA) is 25.8 Å². The van der Waals surface area contributed by atoms with Crippen molar-refractivity contribution in [3.8, 4) is 22.5 Å². The smallest absolute Gasteiger partial charge is 0.0201 e. The number of aromatic nitrogens is 2. The first-order valence-corrected chi connectivity index (χ1v) is 14.3. The van der Waals surface area contributed by atoms with Crippen LogP contribution in [0.1, 0.15) is 100 Å². The quantitative estimate of drug-likeness (QED) is 0.196. The molecule has 2 bridgehead atoms.